The first-order valence-electron chi connectivity index (χ1n) is 8.97. The largest absolute Gasteiger partial charge is 0.501 e. The molecule has 1 atom stereocenters. The van der Waals surface area contributed by atoms with E-state index in [2.05, 4.69) is 5.32 Å². The van der Waals surface area contributed by atoms with Gasteiger partial charge in [-0.3, -0.25) is 4.79 Å². The lowest BCUT2D eigenvalue weighted by molar-refractivity contribution is -0.142. The molecule has 160 valence electrons. The van der Waals surface area contributed by atoms with Gasteiger partial charge in [-0.25, -0.2) is 13.2 Å². The van der Waals surface area contributed by atoms with Gasteiger partial charge in [-0.05, 0) is 37.1 Å². The second-order valence-electron chi connectivity index (χ2n) is 6.72. The lowest BCUT2D eigenvalue weighted by Crippen LogP contribution is -2.53. The van der Waals surface area contributed by atoms with Crippen LogP contribution in [0, 0.1) is 0 Å². The number of hydrogen-bond donors (Lipinski definition) is 1. The summed E-state index contributed by atoms with van der Waals surface area (Å²) in [4.78, 5) is 26.9. The van der Waals surface area contributed by atoms with Crippen molar-refractivity contribution >= 4 is 27.5 Å². The number of piperazine rings is 1. The fourth-order valence-corrected chi connectivity index (χ4v) is 3.92. The molecular formula is C17H20F3N3O5S. The van der Waals surface area contributed by atoms with Crippen LogP contribution in [-0.4, -0.2) is 74.6 Å². The van der Waals surface area contributed by atoms with Gasteiger partial charge in [0.15, 0.2) is 0 Å². The summed E-state index contributed by atoms with van der Waals surface area (Å²) >= 11 is 0. The summed E-state index contributed by atoms with van der Waals surface area (Å²) in [7, 11) is -5.43. The van der Waals surface area contributed by atoms with Crippen molar-refractivity contribution in [3.63, 3.8) is 0 Å². The van der Waals surface area contributed by atoms with E-state index in [4.69, 9.17) is 4.74 Å². The molecule has 0 bridgehead atoms. The van der Waals surface area contributed by atoms with Crippen molar-refractivity contribution in [1.82, 2.24) is 9.80 Å². The molecule has 0 saturated carbocycles. The molecule has 1 unspecified atom stereocenters. The van der Waals surface area contributed by atoms with Gasteiger partial charge in [-0.15, -0.1) is 0 Å². The Balaban J connectivity index is 1.54. The van der Waals surface area contributed by atoms with E-state index in [0.717, 1.165) is 30.7 Å². The first kappa shape index (κ1) is 21.4. The second kappa shape index (κ2) is 8.19. The highest BCUT2D eigenvalue weighted by Crippen LogP contribution is 2.30. The molecule has 0 aliphatic carbocycles. The standard InChI is InChI=1S/C17H20F3N3O5S/c18-17(19,20)29(26,27)13-5-3-12(4-6-13)21-16(25)23-9-7-22(8-10-23)15(24)14-2-1-11-28-14/h3-6,14H,1-2,7-11H2,(H,21,25). The van der Waals surface area contributed by atoms with E-state index in [9.17, 15) is 31.2 Å². The molecule has 2 fully saturated rings. The minimum Gasteiger partial charge on any atom is -0.368 e. The minimum absolute atomic E-state index is 0.0796. The van der Waals surface area contributed by atoms with Crippen LogP contribution < -0.4 is 5.32 Å². The van der Waals surface area contributed by atoms with E-state index in [0.29, 0.717) is 39.2 Å². The average Bonchev–Trinajstić information content (AvgIpc) is 3.22. The summed E-state index contributed by atoms with van der Waals surface area (Å²) in [5, 5.41) is 2.51. The third kappa shape index (κ3) is 4.64. The number of hydrogen-bond acceptors (Lipinski definition) is 5. The number of rotatable bonds is 3. The zero-order chi connectivity index (χ0) is 21.2. The van der Waals surface area contributed by atoms with Crippen LogP contribution in [0.2, 0.25) is 0 Å². The molecule has 1 aromatic carbocycles. The molecule has 1 aromatic rings. The van der Waals surface area contributed by atoms with Crippen LogP contribution >= 0.6 is 0 Å². The maximum absolute atomic E-state index is 12.6. The Morgan fingerprint density at radius 3 is 2.14 bits per heavy atom. The van der Waals surface area contributed by atoms with Gasteiger partial charge in [-0.1, -0.05) is 0 Å². The minimum atomic E-state index is -5.43. The predicted octanol–water partition coefficient (Wildman–Crippen LogP) is 1.84. The summed E-state index contributed by atoms with van der Waals surface area (Å²) in [6.45, 7) is 1.88. The van der Waals surface area contributed by atoms with Crippen molar-refractivity contribution < 1.29 is 35.9 Å². The van der Waals surface area contributed by atoms with Gasteiger partial charge in [0.2, 0.25) is 0 Å². The van der Waals surface area contributed by atoms with Gasteiger partial charge in [-0.2, -0.15) is 13.2 Å². The average molecular weight is 435 g/mol. The molecule has 2 aliphatic heterocycles. The van der Waals surface area contributed by atoms with Gasteiger partial charge in [0.05, 0.1) is 4.90 Å². The Hall–Kier alpha value is -2.34. The normalized spacial score (nSPS) is 20.6. The summed E-state index contributed by atoms with van der Waals surface area (Å²) in [6.07, 6.45) is 1.13. The smallest absolute Gasteiger partial charge is 0.368 e. The number of carbonyl (C=O) groups is 2. The Kier molecular flexibility index (Phi) is 6.03. The van der Waals surface area contributed by atoms with Gasteiger partial charge in [0.1, 0.15) is 6.10 Å². The lowest BCUT2D eigenvalue weighted by atomic mass is 10.2. The van der Waals surface area contributed by atoms with Gasteiger partial charge < -0.3 is 19.9 Å². The monoisotopic (exact) mass is 435 g/mol. The molecule has 2 aliphatic rings. The number of nitrogens with one attached hydrogen (secondary N) is 1. The first-order chi connectivity index (χ1) is 13.6. The highest BCUT2D eigenvalue weighted by molar-refractivity contribution is 7.92. The molecule has 12 heteroatoms. The third-order valence-electron chi connectivity index (χ3n) is 4.80. The number of halogens is 3. The summed E-state index contributed by atoms with van der Waals surface area (Å²) in [6, 6.07) is 3.27. The molecule has 0 spiro atoms. The quantitative estimate of drug-likeness (QED) is 0.782. The van der Waals surface area contributed by atoms with E-state index in [1.807, 2.05) is 0 Å². The number of ether oxygens (including phenoxy) is 1. The SMILES string of the molecule is O=C(Nc1ccc(S(=O)(=O)C(F)(F)F)cc1)N1CCN(C(=O)C2CCCO2)CC1. The van der Waals surface area contributed by atoms with E-state index in [1.165, 1.54) is 4.90 Å². The number of sulfone groups is 1. The Morgan fingerprint density at radius 2 is 1.62 bits per heavy atom. The highest BCUT2D eigenvalue weighted by atomic mass is 32.2. The number of nitrogens with zero attached hydrogens (tertiary/aromatic N) is 2. The highest BCUT2D eigenvalue weighted by Gasteiger charge is 2.46. The summed E-state index contributed by atoms with van der Waals surface area (Å²) in [5.74, 6) is -0.0796. The number of alkyl halides is 3. The van der Waals surface area contributed by atoms with E-state index in [-0.39, 0.29) is 11.6 Å². The Bertz CT molecular complexity index is 859. The van der Waals surface area contributed by atoms with Crippen molar-refractivity contribution in [3.8, 4) is 0 Å². The first-order valence-corrected chi connectivity index (χ1v) is 10.5. The molecule has 29 heavy (non-hydrogen) atoms. The molecule has 0 aromatic heterocycles. The van der Waals surface area contributed by atoms with Crippen LogP contribution in [0.1, 0.15) is 12.8 Å². The molecule has 0 radical (unpaired) electrons. The third-order valence-corrected chi connectivity index (χ3v) is 6.31. The van der Waals surface area contributed by atoms with Crippen LogP contribution in [0.25, 0.3) is 0 Å². The van der Waals surface area contributed by atoms with Crippen molar-refractivity contribution in [3.05, 3.63) is 24.3 Å². The van der Waals surface area contributed by atoms with Crippen LogP contribution in [0.15, 0.2) is 29.2 Å². The summed E-state index contributed by atoms with van der Waals surface area (Å²) < 4.78 is 65.8. The molecular weight excluding hydrogens is 415 g/mol. The molecule has 3 amide bonds. The zero-order valence-electron chi connectivity index (χ0n) is 15.3. The second-order valence-corrected chi connectivity index (χ2v) is 8.66. The predicted molar refractivity (Wildman–Crippen MR) is 95.8 cm³/mol. The summed E-state index contributed by atoms with van der Waals surface area (Å²) in [5.41, 5.74) is -5.23. The van der Waals surface area contributed by atoms with Crippen LogP contribution in [0.3, 0.4) is 0 Å². The van der Waals surface area contributed by atoms with Crippen molar-refractivity contribution in [2.75, 3.05) is 38.1 Å². The molecule has 2 heterocycles. The maximum atomic E-state index is 12.6. The Morgan fingerprint density at radius 1 is 1.03 bits per heavy atom. The Labute approximate surface area is 165 Å². The number of benzene rings is 1. The van der Waals surface area contributed by atoms with Crippen LogP contribution in [0.5, 0.6) is 0 Å². The number of carbonyl (C=O) groups excluding carboxylic acids is 2. The molecule has 3 rings (SSSR count). The van der Waals surface area contributed by atoms with Gasteiger partial charge >= 0.3 is 11.5 Å². The van der Waals surface area contributed by atoms with Gasteiger partial charge in [0.25, 0.3) is 15.7 Å². The number of anilines is 1. The van der Waals surface area contributed by atoms with Crippen molar-refractivity contribution in [1.29, 1.82) is 0 Å². The van der Waals surface area contributed by atoms with E-state index >= 15 is 0 Å². The molecule has 1 N–H and O–H groups in total. The lowest BCUT2D eigenvalue weighted by Gasteiger charge is -2.35. The zero-order valence-corrected chi connectivity index (χ0v) is 16.1. The molecule has 2 saturated heterocycles. The van der Waals surface area contributed by atoms with Crippen molar-refractivity contribution in [2.45, 2.75) is 29.3 Å². The van der Waals surface area contributed by atoms with Crippen molar-refractivity contribution in [2.24, 2.45) is 0 Å². The van der Waals surface area contributed by atoms with E-state index < -0.39 is 32.4 Å². The topological polar surface area (TPSA) is 96.0 Å². The van der Waals surface area contributed by atoms with Crippen LogP contribution in [0.4, 0.5) is 23.7 Å². The fraction of sp³-hybridized carbons (Fsp3) is 0.529. The fourth-order valence-electron chi connectivity index (χ4n) is 3.16. The molecule has 8 nitrogen and oxygen atoms in total. The van der Waals surface area contributed by atoms with E-state index in [1.54, 1.807) is 4.90 Å². The number of urea groups is 1. The van der Waals surface area contributed by atoms with Gasteiger partial charge in [0, 0.05) is 38.5 Å². The maximum Gasteiger partial charge on any atom is 0.501 e. The van der Waals surface area contributed by atoms with Crippen LogP contribution in [-0.2, 0) is 19.4 Å². The number of amides is 3.